The molecule has 0 atom stereocenters. The fraction of sp³-hybridized carbons (Fsp3) is 0.0625. The summed E-state index contributed by atoms with van der Waals surface area (Å²) >= 11 is 0. The van der Waals surface area contributed by atoms with Crippen LogP contribution in [-0.4, -0.2) is 15.5 Å². The lowest BCUT2D eigenvalue weighted by atomic mass is 10.1. The Balaban J connectivity index is 2.29. The van der Waals surface area contributed by atoms with Gasteiger partial charge >= 0.3 is 0 Å². The van der Waals surface area contributed by atoms with Crippen molar-refractivity contribution in [1.29, 1.82) is 0 Å². The Morgan fingerprint density at radius 3 is 2.68 bits per heavy atom. The van der Waals surface area contributed by atoms with E-state index in [0.717, 1.165) is 5.69 Å². The number of anilines is 1. The van der Waals surface area contributed by atoms with Crippen molar-refractivity contribution in [3.05, 3.63) is 70.3 Å². The smallest absolute Gasteiger partial charge is 0.254 e. The van der Waals surface area contributed by atoms with E-state index in [2.05, 4.69) is 4.98 Å². The van der Waals surface area contributed by atoms with Gasteiger partial charge in [-0.05, 0) is 24.3 Å². The molecular formula is C16H14N4O2. The van der Waals surface area contributed by atoms with Gasteiger partial charge in [-0.25, -0.2) is 0 Å². The summed E-state index contributed by atoms with van der Waals surface area (Å²) in [7, 11) is 0. The molecule has 3 rings (SSSR count). The fourth-order valence-electron chi connectivity index (χ4n) is 2.44. The van der Waals surface area contributed by atoms with Gasteiger partial charge in [0, 0.05) is 18.1 Å². The SMILES string of the molecule is NC(=O)c1cn(Cc2ccccn2)c2cccc(N)c2c1=O. The van der Waals surface area contributed by atoms with Crippen molar-refractivity contribution in [2.45, 2.75) is 6.54 Å². The van der Waals surface area contributed by atoms with Crippen LogP contribution in [0.3, 0.4) is 0 Å². The minimum Gasteiger partial charge on any atom is -0.398 e. The predicted octanol–water partition coefficient (Wildman–Crippen LogP) is 1.13. The number of pyridine rings is 2. The summed E-state index contributed by atoms with van der Waals surface area (Å²) in [6.45, 7) is 0.404. The first-order chi connectivity index (χ1) is 10.6. The van der Waals surface area contributed by atoms with Gasteiger partial charge in [0.05, 0.1) is 23.1 Å². The molecule has 2 aromatic heterocycles. The van der Waals surface area contributed by atoms with E-state index >= 15 is 0 Å². The maximum Gasteiger partial charge on any atom is 0.254 e. The van der Waals surface area contributed by atoms with Crippen LogP contribution in [0.5, 0.6) is 0 Å². The number of carbonyl (C=O) groups excluding carboxylic acids is 1. The molecule has 4 N–H and O–H groups in total. The summed E-state index contributed by atoms with van der Waals surface area (Å²) < 4.78 is 1.76. The van der Waals surface area contributed by atoms with E-state index in [-0.39, 0.29) is 5.56 Å². The third kappa shape index (κ3) is 2.31. The topological polar surface area (TPSA) is 104 Å². The van der Waals surface area contributed by atoms with E-state index in [1.165, 1.54) is 6.20 Å². The lowest BCUT2D eigenvalue weighted by Gasteiger charge is -2.13. The van der Waals surface area contributed by atoms with Crippen LogP contribution in [0.2, 0.25) is 0 Å². The van der Waals surface area contributed by atoms with E-state index in [0.29, 0.717) is 23.1 Å². The number of benzene rings is 1. The van der Waals surface area contributed by atoms with Crippen LogP contribution in [-0.2, 0) is 6.54 Å². The number of aromatic nitrogens is 2. The number of hydrogen-bond donors (Lipinski definition) is 2. The third-order valence-electron chi connectivity index (χ3n) is 3.46. The highest BCUT2D eigenvalue weighted by molar-refractivity contribution is 5.99. The van der Waals surface area contributed by atoms with Crippen molar-refractivity contribution >= 4 is 22.5 Å². The van der Waals surface area contributed by atoms with Crippen LogP contribution in [0, 0.1) is 0 Å². The highest BCUT2D eigenvalue weighted by atomic mass is 16.2. The van der Waals surface area contributed by atoms with Crippen LogP contribution in [0.4, 0.5) is 5.69 Å². The normalized spacial score (nSPS) is 10.7. The Hall–Kier alpha value is -3.15. The van der Waals surface area contributed by atoms with Gasteiger partial charge in [-0.15, -0.1) is 0 Å². The predicted molar refractivity (Wildman–Crippen MR) is 84.5 cm³/mol. The van der Waals surface area contributed by atoms with E-state index < -0.39 is 11.3 Å². The number of fused-ring (bicyclic) bond motifs is 1. The van der Waals surface area contributed by atoms with Crippen LogP contribution in [0.15, 0.2) is 53.6 Å². The fourth-order valence-corrected chi connectivity index (χ4v) is 2.44. The Morgan fingerprint density at radius 2 is 2.00 bits per heavy atom. The molecule has 0 bridgehead atoms. The van der Waals surface area contributed by atoms with Crippen LogP contribution < -0.4 is 16.9 Å². The molecule has 3 aromatic rings. The van der Waals surface area contributed by atoms with Crippen molar-refractivity contribution in [1.82, 2.24) is 9.55 Å². The van der Waals surface area contributed by atoms with Gasteiger partial charge in [-0.3, -0.25) is 14.6 Å². The second kappa shape index (κ2) is 5.33. The van der Waals surface area contributed by atoms with Crippen LogP contribution >= 0.6 is 0 Å². The number of hydrogen-bond acceptors (Lipinski definition) is 4. The zero-order valence-corrected chi connectivity index (χ0v) is 11.7. The van der Waals surface area contributed by atoms with Crippen molar-refractivity contribution < 1.29 is 4.79 Å². The molecule has 6 heteroatoms. The molecule has 0 saturated heterocycles. The molecule has 6 nitrogen and oxygen atoms in total. The van der Waals surface area contributed by atoms with E-state index in [4.69, 9.17) is 11.5 Å². The highest BCUT2D eigenvalue weighted by Crippen LogP contribution is 2.19. The number of carbonyl (C=O) groups is 1. The molecule has 1 amide bonds. The van der Waals surface area contributed by atoms with Crippen molar-refractivity contribution in [2.75, 3.05) is 5.73 Å². The molecule has 0 aliphatic rings. The number of rotatable bonds is 3. The van der Waals surface area contributed by atoms with Crippen LogP contribution in [0.25, 0.3) is 10.9 Å². The zero-order valence-electron chi connectivity index (χ0n) is 11.7. The largest absolute Gasteiger partial charge is 0.398 e. The first-order valence-electron chi connectivity index (χ1n) is 6.69. The molecule has 0 aliphatic carbocycles. The lowest BCUT2D eigenvalue weighted by molar-refractivity contribution is 0.0999. The summed E-state index contributed by atoms with van der Waals surface area (Å²) in [5.74, 6) is -0.773. The Kier molecular flexibility index (Phi) is 3.34. The number of nitrogen functional groups attached to an aromatic ring is 1. The van der Waals surface area contributed by atoms with Crippen molar-refractivity contribution in [3.63, 3.8) is 0 Å². The quantitative estimate of drug-likeness (QED) is 0.706. The molecule has 0 radical (unpaired) electrons. The standard InChI is InChI=1S/C16H14N4O2/c17-12-5-3-6-13-14(12)15(21)11(16(18)22)9-20(13)8-10-4-1-2-7-19-10/h1-7,9H,8,17H2,(H2,18,22). The molecule has 0 saturated carbocycles. The minimum atomic E-state index is -0.773. The summed E-state index contributed by atoms with van der Waals surface area (Å²) in [6, 6.07) is 10.7. The maximum atomic E-state index is 12.4. The average molecular weight is 294 g/mol. The molecule has 110 valence electrons. The van der Waals surface area contributed by atoms with Gasteiger partial charge in [0.1, 0.15) is 5.56 Å². The van der Waals surface area contributed by atoms with Gasteiger partial charge < -0.3 is 16.0 Å². The lowest BCUT2D eigenvalue weighted by Crippen LogP contribution is -2.25. The van der Waals surface area contributed by atoms with Gasteiger partial charge in [-0.1, -0.05) is 12.1 Å². The highest BCUT2D eigenvalue weighted by Gasteiger charge is 2.15. The second-order valence-electron chi connectivity index (χ2n) is 4.93. The van der Waals surface area contributed by atoms with Gasteiger partial charge in [0.25, 0.3) is 5.91 Å². The van der Waals surface area contributed by atoms with Gasteiger partial charge in [0.15, 0.2) is 0 Å². The molecule has 0 fully saturated rings. The first-order valence-corrected chi connectivity index (χ1v) is 6.69. The number of nitrogens with zero attached hydrogens (tertiary/aromatic N) is 2. The molecule has 22 heavy (non-hydrogen) atoms. The first kappa shape index (κ1) is 13.8. The average Bonchev–Trinajstić information content (AvgIpc) is 2.50. The molecule has 0 unspecified atom stereocenters. The summed E-state index contributed by atoms with van der Waals surface area (Å²) in [5.41, 5.74) is 12.4. The minimum absolute atomic E-state index is 0.0821. The summed E-state index contributed by atoms with van der Waals surface area (Å²) in [5, 5.41) is 0.301. The Bertz CT molecular complexity index is 917. The Morgan fingerprint density at radius 1 is 1.18 bits per heavy atom. The molecule has 2 heterocycles. The zero-order chi connectivity index (χ0) is 15.7. The molecule has 0 aliphatic heterocycles. The summed E-state index contributed by atoms with van der Waals surface area (Å²) in [6.07, 6.45) is 3.14. The number of nitrogens with two attached hydrogens (primary N) is 2. The monoisotopic (exact) mass is 294 g/mol. The molecule has 0 spiro atoms. The second-order valence-corrected chi connectivity index (χ2v) is 4.93. The number of primary amides is 1. The van der Waals surface area contributed by atoms with E-state index in [9.17, 15) is 9.59 Å². The Labute approximate surface area is 126 Å². The van der Waals surface area contributed by atoms with Crippen molar-refractivity contribution in [3.8, 4) is 0 Å². The van der Waals surface area contributed by atoms with Gasteiger partial charge in [-0.2, -0.15) is 0 Å². The molecular weight excluding hydrogens is 280 g/mol. The summed E-state index contributed by atoms with van der Waals surface area (Å²) in [4.78, 5) is 28.2. The van der Waals surface area contributed by atoms with E-state index in [1.807, 2.05) is 18.2 Å². The third-order valence-corrected chi connectivity index (χ3v) is 3.46. The van der Waals surface area contributed by atoms with Crippen molar-refractivity contribution in [2.24, 2.45) is 5.73 Å². The number of amides is 1. The maximum absolute atomic E-state index is 12.4. The van der Waals surface area contributed by atoms with Gasteiger partial charge in [0.2, 0.25) is 5.43 Å². The van der Waals surface area contributed by atoms with E-state index in [1.54, 1.807) is 29.0 Å². The molecule has 1 aromatic carbocycles. The van der Waals surface area contributed by atoms with Crippen LogP contribution in [0.1, 0.15) is 16.1 Å².